The first-order valence-electron chi connectivity index (χ1n) is 12.5. The largest absolute Gasteiger partial charge is 0.320 e. The molecule has 1 amide bonds. The molecule has 0 spiro atoms. The Balaban J connectivity index is 3.37. The molecule has 1 heterocycles. The summed E-state index contributed by atoms with van der Waals surface area (Å²) >= 11 is 1.67. The van der Waals surface area contributed by atoms with Crippen LogP contribution in [0.3, 0.4) is 0 Å². The topological polar surface area (TPSA) is 98.8 Å². The van der Waals surface area contributed by atoms with Crippen molar-refractivity contribution in [1.82, 2.24) is 20.4 Å². The first kappa shape index (κ1) is 30.7. The fraction of sp³-hybridized carbons (Fsp3) is 0.840. The molecule has 0 radical (unpaired) electrons. The van der Waals surface area contributed by atoms with Crippen LogP contribution in [0.5, 0.6) is 0 Å². The molecule has 1 saturated heterocycles. The van der Waals surface area contributed by atoms with Gasteiger partial charge in [-0.3, -0.25) is 25.0 Å². The maximum absolute atomic E-state index is 13.0. The molecular weight excluding hydrogens is 452 g/mol. The van der Waals surface area contributed by atoms with Crippen molar-refractivity contribution in [3.05, 3.63) is 0 Å². The monoisotopic (exact) mass is 498 g/mol. The van der Waals surface area contributed by atoms with Gasteiger partial charge in [-0.25, -0.2) is 0 Å². The van der Waals surface area contributed by atoms with Gasteiger partial charge in [-0.1, -0.05) is 34.6 Å². The summed E-state index contributed by atoms with van der Waals surface area (Å²) in [5.74, 6) is 0.197. The number of amides is 1. The molecule has 34 heavy (non-hydrogen) atoms. The number of thioether (sulfide) groups is 1. The van der Waals surface area contributed by atoms with E-state index in [0.717, 1.165) is 44.8 Å². The van der Waals surface area contributed by atoms with E-state index in [9.17, 15) is 19.2 Å². The van der Waals surface area contributed by atoms with Crippen molar-refractivity contribution >= 4 is 36.5 Å². The van der Waals surface area contributed by atoms with Crippen molar-refractivity contribution in [3.63, 3.8) is 0 Å². The summed E-state index contributed by atoms with van der Waals surface area (Å²) in [5.41, 5.74) is -2.74. The number of likely N-dealkylation sites (N-methyl/N-ethyl adjacent to an activating group) is 1. The molecule has 0 bridgehead atoms. The number of aldehydes is 3. The van der Waals surface area contributed by atoms with E-state index in [1.165, 1.54) is 4.90 Å². The predicted octanol–water partition coefficient (Wildman–Crippen LogP) is 2.31. The summed E-state index contributed by atoms with van der Waals surface area (Å²) in [6.07, 6.45) is 5.64. The Morgan fingerprint density at radius 2 is 1.76 bits per heavy atom. The molecule has 3 unspecified atom stereocenters. The van der Waals surface area contributed by atoms with Gasteiger partial charge in [0.2, 0.25) is 5.91 Å². The molecule has 0 aliphatic carbocycles. The molecule has 1 aliphatic rings. The molecule has 0 aromatic rings. The Hall–Kier alpha value is -1.29. The van der Waals surface area contributed by atoms with Crippen molar-refractivity contribution in [3.8, 4) is 0 Å². The summed E-state index contributed by atoms with van der Waals surface area (Å²) < 4.78 is 0. The number of piperidine rings is 1. The van der Waals surface area contributed by atoms with Gasteiger partial charge in [-0.15, -0.1) is 0 Å². The van der Waals surface area contributed by atoms with Gasteiger partial charge in [-0.2, -0.15) is 11.8 Å². The molecule has 0 aromatic heterocycles. The highest BCUT2D eigenvalue weighted by molar-refractivity contribution is 8.00. The maximum Gasteiger partial charge on any atom is 0.224 e. The van der Waals surface area contributed by atoms with Crippen LogP contribution in [0.4, 0.5) is 0 Å². The SMILES string of the molecule is CCCC(=O)N(C)C(C=O)(CSC1CCN(C)CC1)NC(C=O)(CC(C)C)NC(C=O)C(C)C. The maximum atomic E-state index is 13.0. The average molecular weight is 499 g/mol. The minimum absolute atomic E-state index is 0.0514. The molecule has 8 nitrogen and oxygen atoms in total. The lowest BCUT2D eigenvalue weighted by molar-refractivity contribution is -0.144. The minimum Gasteiger partial charge on any atom is -0.320 e. The van der Waals surface area contributed by atoms with Crippen molar-refractivity contribution in [2.24, 2.45) is 11.8 Å². The van der Waals surface area contributed by atoms with Gasteiger partial charge in [-0.05, 0) is 57.7 Å². The second kappa shape index (κ2) is 14.3. The highest BCUT2D eigenvalue weighted by atomic mass is 32.2. The molecule has 1 aliphatic heterocycles. The first-order chi connectivity index (χ1) is 16.0. The number of carbonyl (C=O) groups excluding carboxylic acids is 4. The lowest BCUT2D eigenvalue weighted by Gasteiger charge is -2.46. The van der Waals surface area contributed by atoms with E-state index in [-0.39, 0.29) is 17.7 Å². The van der Waals surface area contributed by atoms with E-state index in [2.05, 4.69) is 22.6 Å². The molecule has 9 heteroatoms. The van der Waals surface area contributed by atoms with Gasteiger partial charge in [0.25, 0.3) is 0 Å². The van der Waals surface area contributed by atoms with E-state index >= 15 is 0 Å². The number of likely N-dealkylation sites (tertiary alicyclic amines) is 1. The Bertz CT molecular complexity index is 669. The summed E-state index contributed by atoms with van der Waals surface area (Å²) in [5, 5.41) is 6.85. The third-order valence-electron chi connectivity index (χ3n) is 6.50. The molecule has 1 fully saturated rings. The van der Waals surface area contributed by atoms with Crippen LogP contribution in [0.15, 0.2) is 0 Å². The molecule has 196 valence electrons. The molecule has 1 rings (SSSR count). The van der Waals surface area contributed by atoms with Gasteiger partial charge in [0.1, 0.15) is 11.9 Å². The standard InChI is InChI=1S/C25H46N4O4S/c1-8-9-23(33)29(7)25(17-32,18-34-21-10-12-28(6)13-11-21)27-24(16-31,14-19(2)3)26-22(15-30)20(4)5/h15-17,19-22,26-27H,8-14,18H2,1-7H3. The molecule has 0 aromatic carbocycles. The second-order valence-electron chi connectivity index (χ2n) is 10.4. The minimum atomic E-state index is -1.40. The van der Waals surface area contributed by atoms with Gasteiger partial charge in [0.05, 0.1) is 6.04 Å². The predicted molar refractivity (Wildman–Crippen MR) is 139 cm³/mol. The van der Waals surface area contributed by atoms with Crippen LogP contribution in [0.1, 0.15) is 66.7 Å². The van der Waals surface area contributed by atoms with E-state index in [1.807, 2.05) is 34.6 Å². The van der Waals surface area contributed by atoms with E-state index in [4.69, 9.17) is 0 Å². The third-order valence-corrected chi connectivity index (χ3v) is 8.05. The van der Waals surface area contributed by atoms with Crippen LogP contribution < -0.4 is 10.6 Å². The fourth-order valence-electron chi connectivity index (χ4n) is 4.30. The smallest absolute Gasteiger partial charge is 0.224 e. The van der Waals surface area contributed by atoms with Crippen LogP contribution in [0.25, 0.3) is 0 Å². The number of carbonyl (C=O) groups is 4. The zero-order valence-corrected chi connectivity index (χ0v) is 23.0. The Morgan fingerprint density at radius 1 is 1.15 bits per heavy atom. The average Bonchev–Trinajstić information content (AvgIpc) is 2.80. The van der Waals surface area contributed by atoms with Crippen molar-refractivity contribution in [1.29, 1.82) is 0 Å². The quantitative estimate of drug-likeness (QED) is 0.247. The Morgan fingerprint density at radius 3 is 2.21 bits per heavy atom. The van der Waals surface area contributed by atoms with Gasteiger partial charge in [0, 0.05) is 24.5 Å². The van der Waals surface area contributed by atoms with E-state index in [0.29, 0.717) is 30.3 Å². The lowest BCUT2D eigenvalue weighted by atomic mass is 9.93. The van der Waals surface area contributed by atoms with Crippen molar-refractivity contribution in [2.75, 3.05) is 32.9 Å². The van der Waals surface area contributed by atoms with Crippen molar-refractivity contribution in [2.45, 2.75) is 89.3 Å². The van der Waals surface area contributed by atoms with Gasteiger partial charge >= 0.3 is 0 Å². The van der Waals surface area contributed by atoms with Crippen LogP contribution in [0.2, 0.25) is 0 Å². The third kappa shape index (κ3) is 8.73. The zero-order chi connectivity index (χ0) is 25.9. The molecule has 0 saturated carbocycles. The first-order valence-corrected chi connectivity index (χ1v) is 13.5. The summed E-state index contributed by atoms with van der Waals surface area (Å²) in [6.45, 7) is 11.7. The van der Waals surface area contributed by atoms with E-state index in [1.54, 1.807) is 18.8 Å². The Labute approximate surface area is 210 Å². The highest BCUT2D eigenvalue weighted by Crippen LogP contribution is 2.29. The van der Waals surface area contributed by atoms with Crippen LogP contribution >= 0.6 is 11.8 Å². The van der Waals surface area contributed by atoms with Crippen LogP contribution in [-0.4, -0.2) is 90.1 Å². The second-order valence-corrected chi connectivity index (χ2v) is 11.7. The number of nitrogens with one attached hydrogen (secondary N) is 2. The summed E-state index contributed by atoms with van der Waals surface area (Å²) in [6, 6.07) is -0.584. The highest BCUT2D eigenvalue weighted by Gasteiger charge is 2.46. The normalized spacial score (nSPS) is 19.9. The van der Waals surface area contributed by atoms with Crippen molar-refractivity contribution < 1.29 is 19.2 Å². The number of hydrogen-bond acceptors (Lipinski definition) is 8. The van der Waals surface area contributed by atoms with Crippen LogP contribution in [0, 0.1) is 11.8 Å². The Kier molecular flexibility index (Phi) is 12.9. The zero-order valence-electron chi connectivity index (χ0n) is 22.1. The number of hydrogen-bond donors (Lipinski definition) is 2. The van der Waals surface area contributed by atoms with Gasteiger partial charge < -0.3 is 14.6 Å². The fourth-order valence-corrected chi connectivity index (χ4v) is 5.67. The van der Waals surface area contributed by atoms with Gasteiger partial charge in [0.15, 0.2) is 18.2 Å². The summed E-state index contributed by atoms with van der Waals surface area (Å²) in [7, 11) is 3.72. The lowest BCUT2D eigenvalue weighted by Crippen LogP contribution is -2.75. The molecule has 3 atom stereocenters. The summed E-state index contributed by atoms with van der Waals surface area (Å²) in [4.78, 5) is 53.9. The van der Waals surface area contributed by atoms with Crippen LogP contribution in [-0.2, 0) is 19.2 Å². The number of nitrogens with zero attached hydrogens (tertiary/aromatic N) is 2. The number of rotatable bonds is 16. The molecule has 2 N–H and O–H groups in total. The molecular formula is C25H46N4O4S. The van der Waals surface area contributed by atoms with E-state index < -0.39 is 17.4 Å².